The molecule has 0 heterocycles. The summed E-state index contributed by atoms with van der Waals surface area (Å²) in [4.78, 5) is 0. The van der Waals surface area contributed by atoms with E-state index in [4.69, 9.17) is 0 Å². The van der Waals surface area contributed by atoms with Gasteiger partial charge in [-0.05, 0) is 48.9 Å². The zero-order chi connectivity index (χ0) is 8.18. The number of fused-ring (bicyclic) bond motifs is 3. The van der Waals surface area contributed by atoms with Gasteiger partial charge in [0.25, 0.3) is 0 Å². The van der Waals surface area contributed by atoms with Crippen molar-refractivity contribution in [2.24, 2.45) is 23.2 Å². The molecule has 68 valence electrons. The van der Waals surface area contributed by atoms with Crippen molar-refractivity contribution in [1.29, 1.82) is 0 Å². The third-order valence-electron chi connectivity index (χ3n) is 5.31. The van der Waals surface area contributed by atoms with Gasteiger partial charge in [-0.15, -0.1) is 0 Å². The topological polar surface area (TPSA) is 0 Å². The zero-order valence-corrected chi connectivity index (χ0v) is 8.18. The van der Waals surface area contributed by atoms with E-state index in [2.05, 4.69) is 6.92 Å². The molecule has 0 aromatic carbocycles. The quantitative estimate of drug-likeness (QED) is 0.513. The average Bonchev–Trinajstić information content (AvgIpc) is 2.28. The lowest BCUT2D eigenvalue weighted by Crippen LogP contribution is -2.38. The monoisotopic (exact) mass is 164 g/mol. The first-order chi connectivity index (χ1) is 5.81. The number of rotatable bonds is 0. The second-order valence-electron chi connectivity index (χ2n) is 5.63. The van der Waals surface area contributed by atoms with E-state index in [0.717, 1.165) is 23.2 Å². The standard InChI is InChI=1S/C12H20/c1-12-7-6-10(12)8-9-4-2-3-5-11(9)12/h9-11H,2-8H2,1H3/t9-,10+,11-,12+/m1/s1. The fourth-order valence-corrected chi connectivity index (χ4v) is 4.40. The molecule has 12 heavy (non-hydrogen) atoms. The van der Waals surface area contributed by atoms with Gasteiger partial charge in [-0.3, -0.25) is 0 Å². The van der Waals surface area contributed by atoms with Crippen LogP contribution in [0.2, 0.25) is 0 Å². The van der Waals surface area contributed by atoms with E-state index >= 15 is 0 Å². The normalized spacial score (nSPS) is 57.2. The van der Waals surface area contributed by atoms with Crippen molar-refractivity contribution < 1.29 is 0 Å². The highest BCUT2D eigenvalue weighted by molar-refractivity contribution is 5.06. The van der Waals surface area contributed by atoms with E-state index in [1.165, 1.54) is 12.8 Å². The van der Waals surface area contributed by atoms with Gasteiger partial charge in [-0.2, -0.15) is 0 Å². The van der Waals surface area contributed by atoms with Crippen molar-refractivity contribution in [1.82, 2.24) is 0 Å². The Kier molecular flexibility index (Phi) is 1.40. The predicted octanol–water partition coefficient (Wildman–Crippen LogP) is 3.61. The Labute approximate surface area is 75.7 Å². The predicted molar refractivity (Wildman–Crippen MR) is 50.9 cm³/mol. The molecule has 0 bridgehead atoms. The lowest BCUT2D eigenvalue weighted by molar-refractivity contribution is 0.0237. The smallest absolute Gasteiger partial charge is 0.0266 e. The van der Waals surface area contributed by atoms with E-state index in [9.17, 15) is 0 Å². The van der Waals surface area contributed by atoms with E-state index in [1.807, 2.05) is 0 Å². The minimum absolute atomic E-state index is 0.824. The molecule has 3 aliphatic rings. The average molecular weight is 164 g/mol. The molecule has 3 rings (SSSR count). The van der Waals surface area contributed by atoms with Crippen LogP contribution in [-0.4, -0.2) is 0 Å². The molecule has 0 aromatic rings. The first kappa shape index (κ1) is 7.41. The van der Waals surface area contributed by atoms with Crippen LogP contribution in [0.1, 0.15) is 51.9 Å². The van der Waals surface area contributed by atoms with Crippen molar-refractivity contribution in [3.63, 3.8) is 0 Å². The second kappa shape index (κ2) is 2.27. The van der Waals surface area contributed by atoms with Crippen LogP contribution in [0.3, 0.4) is 0 Å². The molecule has 0 heteroatoms. The first-order valence-corrected chi connectivity index (χ1v) is 5.81. The molecule has 0 aromatic heterocycles. The number of hydrogen-bond donors (Lipinski definition) is 0. The second-order valence-corrected chi connectivity index (χ2v) is 5.63. The van der Waals surface area contributed by atoms with Crippen LogP contribution in [0, 0.1) is 23.2 Å². The molecule has 4 atom stereocenters. The van der Waals surface area contributed by atoms with Crippen molar-refractivity contribution in [2.45, 2.75) is 51.9 Å². The van der Waals surface area contributed by atoms with Gasteiger partial charge in [0.05, 0.1) is 0 Å². The summed E-state index contributed by atoms with van der Waals surface area (Å²) in [6, 6.07) is 0. The van der Waals surface area contributed by atoms with Crippen molar-refractivity contribution >= 4 is 0 Å². The Balaban J connectivity index is 1.87. The van der Waals surface area contributed by atoms with Gasteiger partial charge in [0, 0.05) is 0 Å². The molecule has 3 saturated carbocycles. The van der Waals surface area contributed by atoms with Crippen LogP contribution < -0.4 is 0 Å². The summed E-state index contributed by atoms with van der Waals surface area (Å²) in [7, 11) is 0. The van der Waals surface area contributed by atoms with Crippen LogP contribution in [-0.2, 0) is 0 Å². The lowest BCUT2D eigenvalue weighted by Gasteiger charge is -2.47. The van der Waals surface area contributed by atoms with Gasteiger partial charge < -0.3 is 0 Å². The summed E-state index contributed by atoms with van der Waals surface area (Å²) >= 11 is 0. The van der Waals surface area contributed by atoms with E-state index in [0.29, 0.717) is 0 Å². The summed E-state index contributed by atoms with van der Waals surface area (Å²) in [5, 5.41) is 0. The summed E-state index contributed by atoms with van der Waals surface area (Å²) in [5.74, 6) is 3.44. The Morgan fingerprint density at radius 2 is 1.92 bits per heavy atom. The number of hydrogen-bond acceptors (Lipinski definition) is 0. The molecule has 0 unspecified atom stereocenters. The summed E-state index contributed by atoms with van der Waals surface area (Å²) in [5.41, 5.74) is 0.824. The van der Waals surface area contributed by atoms with Crippen LogP contribution in [0.25, 0.3) is 0 Å². The molecule has 3 aliphatic carbocycles. The Morgan fingerprint density at radius 3 is 2.67 bits per heavy atom. The van der Waals surface area contributed by atoms with Crippen molar-refractivity contribution in [2.75, 3.05) is 0 Å². The molecule has 0 N–H and O–H groups in total. The minimum atomic E-state index is 0.824. The first-order valence-electron chi connectivity index (χ1n) is 5.81. The molecule has 0 amide bonds. The van der Waals surface area contributed by atoms with Crippen LogP contribution >= 0.6 is 0 Å². The largest absolute Gasteiger partial charge is 0.0591 e. The zero-order valence-electron chi connectivity index (χ0n) is 8.18. The molecule has 0 saturated heterocycles. The molecule has 0 radical (unpaired) electrons. The van der Waals surface area contributed by atoms with Crippen LogP contribution in [0.5, 0.6) is 0 Å². The van der Waals surface area contributed by atoms with Gasteiger partial charge in [0.15, 0.2) is 0 Å². The maximum atomic E-state index is 2.58. The third kappa shape index (κ3) is 0.744. The van der Waals surface area contributed by atoms with E-state index in [-0.39, 0.29) is 0 Å². The summed E-state index contributed by atoms with van der Waals surface area (Å²) in [6.45, 7) is 2.58. The van der Waals surface area contributed by atoms with E-state index in [1.54, 1.807) is 32.1 Å². The van der Waals surface area contributed by atoms with Gasteiger partial charge in [-0.1, -0.05) is 26.2 Å². The molecule has 0 aliphatic heterocycles. The molecular formula is C12H20. The minimum Gasteiger partial charge on any atom is -0.0591 e. The fraction of sp³-hybridized carbons (Fsp3) is 1.00. The summed E-state index contributed by atoms with van der Waals surface area (Å²) in [6.07, 6.45) is 10.9. The van der Waals surface area contributed by atoms with Gasteiger partial charge in [-0.25, -0.2) is 0 Å². The highest BCUT2D eigenvalue weighted by atomic mass is 14.6. The van der Waals surface area contributed by atoms with Crippen molar-refractivity contribution in [3.8, 4) is 0 Å². The van der Waals surface area contributed by atoms with Gasteiger partial charge in [0.2, 0.25) is 0 Å². The maximum Gasteiger partial charge on any atom is -0.0266 e. The molecule has 0 spiro atoms. The Bertz CT molecular complexity index is 196. The molecular weight excluding hydrogens is 144 g/mol. The lowest BCUT2D eigenvalue weighted by atomic mass is 9.58. The van der Waals surface area contributed by atoms with Gasteiger partial charge in [0.1, 0.15) is 0 Å². The Hall–Kier alpha value is 0. The van der Waals surface area contributed by atoms with E-state index < -0.39 is 0 Å². The van der Waals surface area contributed by atoms with Crippen LogP contribution in [0.4, 0.5) is 0 Å². The summed E-state index contributed by atoms with van der Waals surface area (Å²) < 4.78 is 0. The SMILES string of the molecule is C[C@]12CC[C@H]1C[C@H]1CCCC[C@H]12. The fourth-order valence-electron chi connectivity index (χ4n) is 4.40. The highest BCUT2D eigenvalue weighted by Crippen LogP contribution is 2.65. The molecule has 3 fully saturated rings. The molecule has 0 nitrogen and oxygen atoms in total. The third-order valence-corrected chi connectivity index (χ3v) is 5.31. The van der Waals surface area contributed by atoms with Crippen LogP contribution in [0.15, 0.2) is 0 Å². The Morgan fingerprint density at radius 1 is 1.08 bits per heavy atom. The van der Waals surface area contributed by atoms with Gasteiger partial charge >= 0.3 is 0 Å². The van der Waals surface area contributed by atoms with Crippen molar-refractivity contribution in [3.05, 3.63) is 0 Å². The highest BCUT2D eigenvalue weighted by Gasteiger charge is 2.56. The maximum absolute atomic E-state index is 2.58.